The van der Waals surface area contributed by atoms with E-state index in [1.807, 2.05) is 0 Å². The minimum atomic E-state index is -4.05. The van der Waals surface area contributed by atoms with Crippen molar-refractivity contribution in [2.75, 3.05) is 32.2 Å². The van der Waals surface area contributed by atoms with Gasteiger partial charge in [-0.25, -0.2) is 13.9 Å². The number of unbranched alkanes of at least 4 members (excludes halogenated alkanes) is 1. The van der Waals surface area contributed by atoms with Crippen LogP contribution < -0.4 is 15.5 Å². The third-order valence-electron chi connectivity index (χ3n) is 6.07. The summed E-state index contributed by atoms with van der Waals surface area (Å²) in [6, 6.07) is 13.2. The molecule has 3 rings (SSSR count). The number of ether oxygens (including phenoxy) is 2. The van der Waals surface area contributed by atoms with Crippen molar-refractivity contribution >= 4 is 27.2 Å². The van der Waals surface area contributed by atoms with Gasteiger partial charge in [-0.15, -0.1) is 0 Å². The van der Waals surface area contributed by atoms with Crippen LogP contribution in [-0.4, -0.2) is 56.9 Å². The number of hydrogen-bond acceptors (Lipinski definition) is 8. The van der Waals surface area contributed by atoms with Crippen LogP contribution in [0.15, 0.2) is 53.4 Å². The third kappa shape index (κ3) is 5.57. The highest BCUT2D eigenvalue weighted by Gasteiger charge is 2.52. The van der Waals surface area contributed by atoms with Gasteiger partial charge in [0.2, 0.25) is 0 Å². The molecule has 0 bridgehead atoms. The lowest BCUT2D eigenvalue weighted by Gasteiger charge is -2.34. The Hall–Kier alpha value is -2.95. The van der Waals surface area contributed by atoms with E-state index < -0.39 is 20.5 Å². The van der Waals surface area contributed by atoms with Gasteiger partial charge in [0.15, 0.2) is 20.4 Å². The number of sulfone groups is 1. The van der Waals surface area contributed by atoms with Gasteiger partial charge in [0.05, 0.1) is 12.0 Å². The quantitative estimate of drug-likeness (QED) is 0.190. The summed E-state index contributed by atoms with van der Waals surface area (Å²) < 4.78 is 35.1. The Bertz CT molecular complexity index is 1080. The molecule has 2 aromatic rings. The van der Waals surface area contributed by atoms with Crippen LogP contribution in [0.2, 0.25) is 0 Å². The molecule has 0 aromatic heterocycles. The summed E-state index contributed by atoms with van der Waals surface area (Å²) in [6.07, 6.45) is 1.85. The van der Waals surface area contributed by atoms with E-state index in [1.54, 1.807) is 43.5 Å². The Morgan fingerprint density at radius 2 is 1.68 bits per heavy atom. The number of Topliss-reactive ketones (excluding diaryl/α,β-unsaturated/α-hetero) is 1. The fraction of sp³-hybridized carbons (Fsp3) is 0.417. The highest BCUT2D eigenvalue weighted by atomic mass is 32.2. The zero-order chi connectivity index (χ0) is 24.6. The van der Waals surface area contributed by atoms with Gasteiger partial charge in [-0.1, -0.05) is 0 Å². The van der Waals surface area contributed by atoms with Crippen LogP contribution in [-0.2, 0) is 19.4 Å². The predicted octanol–water partition coefficient (Wildman–Crippen LogP) is 2.99. The first-order chi connectivity index (χ1) is 16.3. The fourth-order valence-electron chi connectivity index (χ4n) is 3.96. The van der Waals surface area contributed by atoms with Gasteiger partial charge in [0.25, 0.3) is 5.91 Å². The molecule has 0 saturated carbocycles. The van der Waals surface area contributed by atoms with Crippen LogP contribution in [0.1, 0.15) is 42.5 Å². The molecule has 0 radical (unpaired) electrons. The molecule has 1 aliphatic heterocycles. The van der Waals surface area contributed by atoms with E-state index in [2.05, 4.69) is 5.32 Å². The smallest absolute Gasteiger partial charge is 0.265 e. The van der Waals surface area contributed by atoms with Gasteiger partial charge in [-0.05, 0) is 74.2 Å². The second-order valence-corrected chi connectivity index (χ2v) is 10.4. The molecule has 1 fully saturated rings. The molecule has 34 heavy (non-hydrogen) atoms. The molecule has 9 nitrogen and oxygen atoms in total. The molecule has 2 aromatic carbocycles. The molecule has 1 amide bonds. The van der Waals surface area contributed by atoms with Crippen molar-refractivity contribution in [1.29, 1.82) is 0 Å². The SMILES string of the molecule is COc1ccc(C(=O)CCCCNc2ccc(S(=O)(=O)C3(C(=O)NO)CCOCC3)cc2)cc1. The minimum absolute atomic E-state index is 0.00800. The molecule has 184 valence electrons. The lowest BCUT2D eigenvalue weighted by atomic mass is 9.98. The number of anilines is 1. The van der Waals surface area contributed by atoms with E-state index in [0.717, 1.165) is 12.1 Å². The minimum Gasteiger partial charge on any atom is -0.497 e. The lowest BCUT2D eigenvalue weighted by Crippen LogP contribution is -2.54. The number of benzene rings is 2. The Kier molecular flexibility index (Phi) is 8.65. The second-order valence-electron chi connectivity index (χ2n) is 8.11. The van der Waals surface area contributed by atoms with E-state index in [-0.39, 0.29) is 36.7 Å². The molecule has 1 heterocycles. The van der Waals surface area contributed by atoms with Gasteiger partial charge < -0.3 is 14.8 Å². The number of carbonyl (C=O) groups excluding carboxylic acids is 2. The van der Waals surface area contributed by atoms with Crippen molar-refractivity contribution in [2.24, 2.45) is 0 Å². The lowest BCUT2D eigenvalue weighted by molar-refractivity contribution is -0.134. The van der Waals surface area contributed by atoms with Crippen molar-refractivity contribution in [1.82, 2.24) is 5.48 Å². The largest absolute Gasteiger partial charge is 0.497 e. The van der Waals surface area contributed by atoms with Gasteiger partial charge in [0, 0.05) is 37.4 Å². The molecule has 0 spiro atoms. The predicted molar refractivity (Wildman–Crippen MR) is 126 cm³/mol. The maximum absolute atomic E-state index is 13.2. The average molecular weight is 491 g/mol. The van der Waals surface area contributed by atoms with Crippen molar-refractivity contribution in [3.63, 3.8) is 0 Å². The van der Waals surface area contributed by atoms with Crippen LogP contribution in [0.25, 0.3) is 0 Å². The van der Waals surface area contributed by atoms with Crippen molar-refractivity contribution in [2.45, 2.75) is 41.7 Å². The Balaban J connectivity index is 1.52. The van der Waals surface area contributed by atoms with Crippen LogP contribution in [0, 0.1) is 0 Å². The van der Waals surface area contributed by atoms with Crippen LogP contribution >= 0.6 is 0 Å². The van der Waals surface area contributed by atoms with Crippen molar-refractivity contribution in [3.8, 4) is 5.75 Å². The second kappa shape index (κ2) is 11.5. The Morgan fingerprint density at radius 3 is 2.26 bits per heavy atom. The highest BCUT2D eigenvalue weighted by Crippen LogP contribution is 2.35. The number of hydroxylamine groups is 1. The number of methoxy groups -OCH3 is 1. The summed E-state index contributed by atoms with van der Waals surface area (Å²) >= 11 is 0. The molecule has 3 N–H and O–H groups in total. The molecule has 0 unspecified atom stereocenters. The van der Waals surface area contributed by atoms with E-state index in [1.165, 1.54) is 17.6 Å². The molecule has 0 aliphatic carbocycles. The Labute approximate surface area is 199 Å². The van der Waals surface area contributed by atoms with Crippen LogP contribution in [0.4, 0.5) is 5.69 Å². The normalized spacial score (nSPS) is 15.4. The van der Waals surface area contributed by atoms with Crippen LogP contribution in [0.3, 0.4) is 0 Å². The maximum Gasteiger partial charge on any atom is 0.265 e. The van der Waals surface area contributed by atoms with Gasteiger partial charge in [-0.3, -0.25) is 14.8 Å². The first kappa shape index (κ1) is 25.7. The topological polar surface area (TPSA) is 131 Å². The highest BCUT2D eigenvalue weighted by molar-refractivity contribution is 7.93. The number of carbonyl (C=O) groups is 2. The van der Waals surface area contributed by atoms with E-state index in [4.69, 9.17) is 14.7 Å². The summed E-state index contributed by atoms with van der Waals surface area (Å²) in [6.45, 7) is 0.858. The first-order valence-corrected chi connectivity index (χ1v) is 12.6. The Morgan fingerprint density at radius 1 is 1.03 bits per heavy atom. The number of nitrogens with one attached hydrogen (secondary N) is 2. The molecular weight excluding hydrogens is 460 g/mol. The summed E-state index contributed by atoms with van der Waals surface area (Å²) in [4.78, 5) is 24.6. The van der Waals surface area contributed by atoms with E-state index >= 15 is 0 Å². The zero-order valence-corrected chi connectivity index (χ0v) is 19.9. The summed E-state index contributed by atoms with van der Waals surface area (Å²) in [7, 11) is -2.47. The van der Waals surface area contributed by atoms with Gasteiger partial charge >= 0.3 is 0 Å². The molecule has 0 atom stereocenters. The molecule has 10 heteroatoms. The van der Waals surface area contributed by atoms with Gasteiger partial charge in [-0.2, -0.15) is 0 Å². The third-order valence-corrected chi connectivity index (χ3v) is 8.58. The molecular formula is C24H30N2O7S. The zero-order valence-electron chi connectivity index (χ0n) is 19.1. The van der Waals surface area contributed by atoms with Crippen molar-refractivity contribution < 1.29 is 32.7 Å². The van der Waals surface area contributed by atoms with Crippen molar-refractivity contribution in [3.05, 3.63) is 54.1 Å². The van der Waals surface area contributed by atoms with E-state index in [9.17, 15) is 18.0 Å². The number of hydrogen-bond donors (Lipinski definition) is 3. The monoisotopic (exact) mass is 490 g/mol. The summed E-state index contributed by atoms with van der Waals surface area (Å²) in [5, 5.41) is 12.3. The summed E-state index contributed by atoms with van der Waals surface area (Å²) in [5.41, 5.74) is 2.90. The first-order valence-electron chi connectivity index (χ1n) is 11.1. The van der Waals surface area contributed by atoms with E-state index in [0.29, 0.717) is 30.7 Å². The van der Waals surface area contributed by atoms with Crippen LogP contribution in [0.5, 0.6) is 5.75 Å². The van der Waals surface area contributed by atoms with Gasteiger partial charge in [0.1, 0.15) is 5.75 Å². The number of ketones is 1. The number of amides is 1. The molecule has 1 saturated heterocycles. The molecule has 1 aliphatic rings. The summed E-state index contributed by atoms with van der Waals surface area (Å²) in [5.74, 6) is -0.160. The maximum atomic E-state index is 13.2. The fourth-order valence-corrected chi connectivity index (χ4v) is 5.90. The number of rotatable bonds is 11. The standard InChI is InChI=1S/C24H30N2O7S/c1-32-20-9-5-18(6-10-20)22(27)4-2-3-15-25-19-7-11-21(12-8-19)34(30,31)24(23(28)26-29)13-16-33-17-14-24/h5-12,25,29H,2-4,13-17H2,1H3,(H,26,28). The average Bonchev–Trinajstić information content (AvgIpc) is 2.88.